The van der Waals surface area contributed by atoms with Crippen LogP contribution >= 0.6 is 22.7 Å². The lowest BCUT2D eigenvalue weighted by atomic mass is 10.3. The van der Waals surface area contributed by atoms with E-state index in [4.69, 9.17) is 12.8 Å². The lowest BCUT2D eigenvalue weighted by Gasteiger charge is -1.74. The molecule has 0 aromatic carbocycles. The summed E-state index contributed by atoms with van der Waals surface area (Å²) in [6, 6.07) is 3.99. The summed E-state index contributed by atoms with van der Waals surface area (Å²) < 4.78 is 1.22. The molecule has 0 nitrogen and oxygen atoms in total. The van der Waals surface area contributed by atoms with E-state index >= 15 is 0 Å². The Balaban J connectivity index is 2.71. The molecule has 56 valence electrons. The van der Waals surface area contributed by atoms with Gasteiger partial charge in [-0.15, -0.1) is 35.5 Å². The summed E-state index contributed by atoms with van der Waals surface area (Å²) in [6.07, 6.45) is 10.5. The number of fused-ring (bicyclic) bond motifs is 1. The molecule has 0 spiro atoms. The van der Waals surface area contributed by atoms with E-state index in [-0.39, 0.29) is 0 Å². The number of thiophene rings is 2. The molecule has 0 aliphatic heterocycles. The first-order valence-corrected chi connectivity index (χ1v) is 4.93. The topological polar surface area (TPSA) is 0 Å². The molecule has 0 atom stereocenters. The summed E-state index contributed by atoms with van der Waals surface area (Å²) in [5.41, 5.74) is 0. The first-order chi connectivity index (χ1) is 5.83. The van der Waals surface area contributed by atoms with Crippen LogP contribution in [0.15, 0.2) is 12.1 Å². The molecule has 2 rings (SSSR count). The second-order valence-electron chi connectivity index (χ2n) is 2.25. The van der Waals surface area contributed by atoms with E-state index in [0.29, 0.717) is 0 Å². The van der Waals surface area contributed by atoms with Gasteiger partial charge >= 0.3 is 0 Å². The highest BCUT2D eigenvalue weighted by atomic mass is 32.2. The summed E-state index contributed by atoms with van der Waals surface area (Å²) in [7, 11) is 0. The van der Waals surface area contributed by atoms with Crippen LogP contribution in [0.3, 0.4) is 0 Å². The molecular formula is C10H4S2. The Bertz CT molecular complexity index is 425. The van der Waals surface area contributed by atoms with E-state index < -0.39 is 0 Å². The minimum absolute atomic E-state index is 0.972. The van der Waals surface area contributed by atoms with E-state index in [0.717, 1.165) is 9.75 Å². The second kappa shape index (κ2) is 2.68. The van der Waals surface area contributed by atoms with Crippen LogP contribution in [0.4, 0.5) is 0 Å². The fourth-order valence-corrected chi connectivity index (χ4v) is 3.05. The fraction of sp³-hybridized carbons (Fsp3) is 0. The van der Waals surface area contributed by atoms with E-state index in [1.54, 1.807) is 22.7 Å². The van der Waals surface area contributed by atoms with Crippen molar-refractivity contribution < 1.29 is 0 Å². The minimum atomic E-state index is 0.972. The molecule has 0 bridgehead atoms. The van der Waals surface area contributed by atoms with Crippen LogP contribution in [-0.4, -0.2) is 0 Å². The Labute approximate surface area is 78.9 Å². The zero-order valence-electron chi connectivity index (χ0n) is 6.13. The highest BCUT2D eigenvalue weighted by Crippen LogP contribution is 2.32. The molecule has 0 fully saturated rings. The van der Waals surface area contributed by atoms with E-state index in [2.05, 4.69) is 11.8 Å². The Morgan fingerprint density at radius 3 is 1.83 bits per heavy atom. The predicted molar refractivity (Wildman–Crippen MR) is 55.6 cm³/mol. The van der Waals surface area contributed by atoms with Crippen molar-refractivity contribution in [1.82, 2.24) is 0 Å². The van der Waals surface area contributed by atoms with E-state index in [1.807, 2.05) is 12.1 Å². The normalized spacial score (nSPS) is 9.50. The van der Waals surface area contributed by atoms with Crippen molar-refractivity contribution in [2.24, 2.45) is 0 Å². The predicted octanol–water partition coefficient (Wildman–Crippen LogP) is 2.93. The van der Waals surface area contributed by atoms with Crippen molar-refractivity contribution >= 4 is 32.1 Å². The molecule has 2 heteroatoms. The number of hydrogen-bond acceptors (Lipinski definition) is 2. The quantitative estimate of drug-likeness (QED) is 0.558. The molecule has 2 aromatic rings. The zero-order valence-corrected chi connectivity index (χ0v) is 7.76. The zero-order chi connectivity index (χ0) is 8.55. The fourth-order valence-electron chi connectivity index (χ4n) is 0.982. The summed E-state index contributed by atoms with van der Waals surface area (Å²) in [6.45, 7) is 0. The van der Waals surface area contributed by atoms with Gasteiger partial charge in [0.25, 0.3) is 0 Å². The van der Waals surface area contributed by atoms with Crippen LogP contribution in [0.25, 0.3) is 9.40 Å². The third kappa shape index (κ3) is 1.02. The third-order valence-corrected chi connectivity index (χ3v) is 3.75. The summed E-state index contributed by atoms with van der Waals surface area (Å²) in [5, 5.41) is 1.17. The van der Waals surface area contributed by atoms with Crippen LogP contribution < -0.4 is 0 Å². The van der Waals surface area contributed by atoms with Crippen LogP contribution in [0, 0.1) is 24.7 Å². The smallest absolute Gasteiger partial charge is 0.0891 e. The van der Waals surface area contributed by atoms with Gasteiger partial charge in [0, 0.05) is 5.39 Å². The highest BCUT2D eigenvalue weighted by Gasteiger charge is 2.03. The van der Waals surface area contributed by atoms with Gasteiger partial charge in [-0.25, -0.2) is 0 Å². The standard InChI is InChI=1S/C10H4S2/c1-3-8-5-7-6-9(4-2)12-10(7)11-8/h1-2,5-6H. The third-order valence-electron chi connectivity index (χ3n) is 1.50. The van der Waals surface area contributed by atoms with Gasteiger partial charge in [0.2, 0.25) is 0 Å². The van der Waals surface area contributed by atoms with Gasteiger partial charge in [-0.3, -0.25) is 0 Å². The first kappa shape index (κ1) is 7.43. The maximum absolute atomic E-state index is 5.27. The number of hydrogen-bond donors (Lipinski definition) is 0. The molecule has 0 N–H and O–H groups in total. The maximum Gasteiger partial charge on any atom is 0.0891 e. The number of rotatable bonds is 0. The second-order valence-corrected chi connectivity index (χ2v) is 4.62. The van der Waals surface area contributed by atoms with Gasteiger partial charge < -0.3 is 0 Å². The van der Waals surface area contributed by atoms with Gasteiger partial charge in [-0.1, -0.05) is 11.8 Å². The molecular weight excluding hydrogens is 184 g/mol. The van der Waals surface area contributed by atoms with Gasteiger partial charge in [0.15, 0.2) is 0 Å². The minimum Gasteiger partial charge on any atom is -0.116 e. The van der Waals surface area contributed by atoms with Crippen molar-refractivity contribution in [2.75, 3.05) is 0 Å². The molecule has 0 amide bonds. The van der Waals surface area contributed by atoms with Gasteiger partial charge in [0.1, 0.15) is 0 Å². The number of terminal acetylenes is 2. The molecule has 2 aromatic heterocycles. The molecule has 0 unspecified atom stereocenters. The average Bonchev–Trinajstić information content (AvgIpc) is 2.59. The Kier molecular flexibility index (Phi) is 1.66. The van der Waals surface area contributed by atoms with Gasteiger partial charge in [0.05, 0.1) is 13.8 Å². The lowest BCUT2D eigenvalue weighted by molar-refractivity contribution is 1.97. The first-order valence-electron chi connectivity index (χ1n) is 3.30. The van der Waals surface area contributed by atoms with E-state index in [9.17, 15) is 0 Å². The van der Waals surface area contributed by atoms with Crippen molar-refractivity contribution in [3.05, 3.63) is 21.9 Å². The van der Waals surface area contributed by atoms with Crippen LogP contribution in [-0.2, 0) is 0 Å². The van der Waals surface area contributed by atoms with E-state index in [1.165, 1.54) is 9.40 Å². The van der Waals surface area contributed by atoms with Crippen LogP contribution in [0.5, 0.6) is 0 Å². The Hall–Kier alpha value is -1.22. The van der Waals surface area contributed by atoms with Crippen molar-refractivity contribution in [3.63, 3.8) is 0 Å². The molecule has 0 aliphatic carbocycles. The molecule has 0 saturated carbocycles. The summed E-state index contributed by atoms with van der Waals surface area (Å²) in [4.78, 5) is 1.94. The Morgan fingerprint density at radius 1 is 1.00 bits per heavy atom. The molecule has 0 radical (unpaired) electrons. The van der Waals surface area contributed by atoms with Crippen LogP contribution in [0.1, 0.15) is 9.75 Å². The van der Waals surface area contributed by atoms with Gasteiger partial charge in [-0.2, -0.15) is 0 Å². The lowest BCUT2D eigenvalue weighted by Crippen LogP contribution is -1.57. The van der Waals surface area contributed by atoms with Crippen molar-refractivity contribution in [2.45, 2.75) is 0 Å². The van der Waals surface area contributed by atoms with Crippen LogP contribution in [0.2, 0.25) is 0 Å². The largest absolute Gasteiger partial charge is 0.116 e. The Morgan fingerprint density at radius 2 is 1.50 bits per heavy atom. The summed E-state index contributed by atoms with van der Waals surface area (Å²) in [5.74, 6) is 5.23. The molecule has 0 aliphatic rings. The maximum atomic E-state index is 5.27. The molecule has 2 heterocycles. The molecule has 0 saturated heterocycles. The van der Waals surface area contributed by atoms with Crippen molar-refractivity contribution in [1.29, 1.82) is 0 Å². The summed E-state index contributed by atoms with van der Waals surface area (Å²) >= 11 is 3.24. The van der Waals surface area contributed by atoms with Gasteiger partial charge in [-0.05, 0) is 12.1 Å². The average molecular weight is 188 g/mol. The van der Waals surface area contributed by atoms with Crippen molar-refractivity contribution in [3.8, 4) is 24.7 Å². The SMILES string of the molecule is C#Cc1cc2cc(C#C)sc2s1. The highest BCUT2D eigenvalue weighted by molar-refractivity contribution is 7.38. The molecule has 12 heavy (non-hydrogen) atoms. The monoisotopic (exact) mass is 188 g/mol.